The average molecular weight is 344 g/mol. The van der Waals surface area contributed by atoms with E-state index in [9.17, 15) is 5.21 Å². The Labute approximate surface area is 148 Å². The van der Waals surface area contributed by atoms with E-state index in [1.54, 1.807) is 12.1 Å². The second kappa shape index (κ2) is 8.24. The second-order valence-corrected chi connectivity index (χ2v) is 7.70. The summed E-state index contributed by atoms with van der Waals surface area (Å²) in [6, 6.07) is 29.9. The lowest BCUT2D eigenvalue weighted by Crippen LogP contribution is -2.19. The molecule has 25 heavy (non-hydrogen) atoms. The number of hydrogen-bond acceptors (Lipinski definition) is 3. The third kappa shape index (κ3) is 4.12. The number of oxime groups is 1. The second-order valence-electron chi connectivity index (χ2n) is 5.49. The van der Waals surface area contributed by atoms with Crippen LogP contribution in [0.25, 0.3) is 0 Å². The molecule has 0 aliphatic heterocycles. The Hall–Kier alpha value is -2.95. The van der Waals surface area contributed by atoms with Gasteiger partial charge in [-0.25, -0.2) is 0 Å². The monoisotopic (exact) mass is 344 g/mol. The third-order valence-electron chi connectivity index (χ3n) is 3.91. The van der Waals surface area contributed by atoms with Crippen LogP contribution in [0, 0.1) is 11.3 Å². The topological polar surface area (TPSA) is 56.4 Å². The number of nitrogens with zero attached hydrogens (tertiary/aromatic N) is 2. The van der Waals surface area contributed by atoms with Crippen molar-refractivity contribution in [3.05, 3.63) is 96.1 Å². The summed E-state index contributed by atoms with van der Waals surface area (Å²) in [5.74, 6) is 0. The summed E-state index contributed by atoms with van der Waals surface area (Å²) in [5, 5.41) is 24.5. The van der Waals surface area contributed by atoms with Crippen molar-refractivity contribution in [2.24, 2.45) is 5.16 Å². The van der Waals surface area contributed by atoms with E-state index in [1.807, 2.05) is 48.5 Å². The molecule has 0 atom stereocenters. The fourth-order valence-electron chi connectivity index (χ4n) is 2.62. The average Bonchev–Trinajstić information content (AvgIpc) is 2.70. The molecule has 1 N–H and O–H groups in total. The van der Waals surface area contributed by atoms with Gasteiger partial charge in [0.2, 0.25) is 0 Å². The predicted octanol–water partition coefficient (Wildman–Crippen LogP) is 3.87. The van der Waals surface area contributed by atoms with E-state index in [0.29, 0.717) is 17.4 Å². The fourth-order valence-corrected chi connectivity index (χ4v) is 4.89. The number of rotatable bonds is 5. The minimum Gasteiger partial charge on any atom is -0.411 e. The highest BCUT2D eigenvalue weighted by Crippen LogP contribution is 2.34. The van der Waals surface area contributed by atoms with Gasteiger partial charge in [0.15, 0.2) is 0 Å². The molecular formula is C21H17N2OP. The van der Waals surface area contributed by atoms with Crippen LogP contribution in [0.1, 0.15) is 11.1 Å². The van der Waals surface area contributed by atoms with Crippen LogP contribution in [0.4, 0.5) is 0 Å². The van der Waals surface area contributed by atoms with E-state index in [2.05, 4.69) is 35.5 Å². The quantitative estimate of drug-likeness (QED) is 0.331. The van der Waals surface area contributed by atoms with Crippen molar-refractivity contribution < 1.29 is 5.21 Å². The van der Waals surface area contributed by atoms with Gasteiger partial charge in [-0.1, -0.05) is 78.0 Å². The van der Waals surface area contributed by atoms with E-state index in [0.717, 1.165) is 5.56 Å². The van der Waals surface area contributed by atoms with Crippen LogP contribution in [0.3, 0.4) is 0 Å². The molecule has 0 fully saturated rings. The molecule has 0 amide bonds. The SMILES string of the molecule is N#Cc1ccc(C(CP(c2ccccc2)c2ccccc2)=NO)cc1. The summed E-state index contributed by atoms with van der Waals surface area (Å²) in [5.41, 5.74) is 2.05. The van der Waals surface area contributed by atoms with Crippen molar-refractivity contribution in [3.8, 4) is 6.07 Å². The lowest BCUT2D eigenvalue weighted by Gasteiger charge is -2.19. The lowest BCUT2D eigenvalue weighted by atomic mass is 10.1. The summed E-state index contributed by atoms with van der Waals surface area (Å²) in [6.07, 6.45) is 0.631. The Balaban J connectivity index is 1.95. The van der Waals surface area contributed by atoms with E-state index in [-0.39, 0.29) is 0 Å². The van der Waals surface area contributed by atoms with Gasteiger partial charge in [0.05, 0.1) is 17.3 Å². The largest absolute Gasteiger partial charge is 0.411 e. The van der Waals surface area contributed by atoms with Crippen LogP contribution in [0.2, 0.25) is 0 Å². The van der Waals surface area contributed by atoms with Crippen LogP contribution in [-0.4, -0.2) is 17.1 Å². The van der Waals surface area contributed by atoms with Crippen molar-refractivity contribution in [3.63, 3.8) is 0 Å². The maximum Gasteiger partial charge on any atom is 0.0991 e. The molecule has 0 saturated heterocycles. The Morgan fingerprint density at radius 2 is 1.36 bits per heavy atom. The number of benzene rings is 3. The lowest BCUT2D eigenvalue weighted by molar-refractivity contribution is 0.319. The van der Waals surface area contributed by atoms with Gasteiger partial charge in [0.25, 0.3) is 0 Å². The van der Waals surface area contributed by atoms with Crippen molar-refractivity contribution in [2.45, 2.75) is 0 Å². The van der Waals surface area contributed by atoms with E-state index < -0.39 is 7.92 Å². The highest BCUT2D eigenvalue weighted by atomic mass is 31.1. The smallest absolute Gasteiger partial charge is 0.0991 e. The van der Waals surface area contributed by atoms with Gasteiger partial charge in [-0.3, -0.25) is 0 Å². The standard InChI is InChI=1S/C21H17N2OP/c22-15-17-11-13-18(14-12-17)21(23-24)16-25(19-7-3-1-4-8-19)20-9-5-2-6-10-20/h1-14,24H,16H2. The first-order valence-electron chi connectivity index (χ1n) is 7.91. The zero-order valence-electron chi connectivity index (χ0n) is 13.6. The molecule has 0 aliphatic carbocycles. The van der Waals surface area contributed by atoms with Crippen LogP contribution in [0.5, 0.6) is 0 Å². The van der Waals surface area contributed by atoms with Gasteiger partial charge in [0, 0.05) is 6.16 Å². The van der Waals surface area contributed by atoms with Gasteiger partial charge < -0.3 is 5.21 Å². The molecule has 0 unspecified atom stereocenters. The first-order valence-corrected chi connectivity index (χ1v) is 9.43. The Morgan fingerprint density at radius 1 is 0.840 bits per heavy atom. The minimum absolute atomic E-state index is 0.592. The molecule has 4 heteroatoms. The van der Waals surface area contributed by atoms with E-state index in [1.165, 1.54) is 10.6 Å². The van der Waals surface area contributed by atoms with E-state index in [4.69, 9.17) is 5.26 Å². The van der Waals surface area contributed by atoms with E-state index >= 15 is 0 Å². The highest BCUT2D eigenvalue weighted by Gasteiger charge is 2.18. The summed E-state index contributed by atoms with van der Waals surface area (Å²) in [6.45, 7) is 0. The first-order chi connectivity index (χ1) is 12.3. The van der Waals surface area contributed by atoms with Crippen LogP contribution < -0.4 is 10.6 Å². The molecule has 3 aromatic carbocycles. The Morgan fingerprint density at radius 3 is 1.80 bits per heavy atom. The molecule has 3 nitrogen and oxygen atoms in total. The van der Waals surface area contributed by atoms with Crippen LogP contribution in [0.15, 0.2) is 90.1 Å². The minimum atomic E-state index is -0.687. The fraction of sp³-hybridized carbons (Fsp3) is 0.0476. The van der Waals surface area contributed by atoms with Crippen molar-refractivity contribution in [1.29, 1.82) is 5.26 Å². The molecule has 0 bridgehead atoms. The molecule has 122 valence electrons. The van der Waals surface area contributed by atoms with Crippen molar-refractivity contribution in [1.82, 2.24) is 0 Å². The molecule has 0 aliphatic rings. The zero-order chi connectivity index (χ0) is 17.5. The first kappa shape index (κ1) is 16.9. The Kier molecular flexibility index (Phi) is 5.57. The maximum atomic E-state index is 9.58. The molecule has 0 saturated carbocycles. The zero-order valence-corrected chi connectivity index (χ0v) is 14.5. The summed E-state index contributed by atoms with van der Waals surface area (Å²) < 4.78 is 0. The Bertz CT molecular complexity index is 845. The van der Waals surface area contributed by atoms with Gasteiger partial charge in [0.1, 0.15) is 0 Å². The van der Waals surface area contributed by atoms with Gasteiger partial charge in [-0.2, -0.15) is 5.26 Å². The van der Waals surface area contributed by atoms with Crippen molar-refractivity contribution >= 4 is 24.2 Å². The summed E-state index contributed by atoms with van der Waals surface area (Å²) >= 11 is 0. The third-order valence-corrected chi connectivity index (χ3v) is 6.37. The molecule has 0 radical (unpaired) electrons. The molecule has 0 heterocycles. The van der Waals surface area contributed by atoms with Gasteiger partial charge in [-0.05, 0) is 36.2 Å². The number of hydrogen-bond donors (Lipinski definition) is 1. The van der Waals surface area contributed by atoms with Crippen LogP contribution in [-0.2, 0) is 0 Å². The molecule has 3 rings (SSSR count). The molecule has 0 spiro atoms. The molecular weight excluding hydrogens is 327 g/mol. The van der Waals surface area contributed by atoms with Crippen LogP contribution >= 0.6 is 7.92 Å². The maximum absolute atomic E-state index is 9.58. The predicted molar refractivity (Wildman–Crippen MR) is 103 cm³/mol. The van der Waals surface area contributed by atoms with Gasteiger partial charge >= 0.3 is 0 Å². The number of nitriles is 1. The van der Waals surface area contributed by atoms with Gasteiger partial charge in [-0.15, -0.1) is 0 Å². The molecule has 0 aromatic heterocycles. The normalized spacial score (nSPS) is 11.3. The summed E-state index contributed by atoms with van der Waals surface area (Å²) in [4.78, 5) is 0. The molecule has 3 aromatic rings. The van der Waals surface area contributed by atoms with Crippen molar-refractivity contribution in [2.75, 3.05) is 6.16 Å². The summed E-state index contributed by atoms with van der Waals surface area (Å²) in [7, 11) is -0.687. The highest BCUT2D eigenvalue weighted by molar-refractivity contribution is 7.73.